The predicted molar refractivity (Wildman–Crippen MR) is 110 cm³/mol. The summed E-state index contributed by atoms with van der Waals surface area (Å²) in [5.41, 5.74) is 5.53. The lowest BCUT2D eigenvalue weighted by Gasteiger charge is -1.97. The van der Waals surface area contributed by atoms with E-state index in [0.29, 0.717) is 0 Å². The molecule has 0 aliphatic carbocycles. The van der Waals surface area contributed by atoms with Crippen molar-refractivity contribution in [2.45, 2.75) is 4.34 Å². The first-order valence-electron chi connectivity index (χ1n) is 8.19. The average molecular weight is 393 g/mol. The maximum Gasteiger partial charge on any atom is 0.250 e. The van der Waals surface area contributed by atoms with Crippen molar-refractivity contribution in [3.05, 3.63) is 66.4 Å². The van der Waals surface area contributed by atoms with Crippen LogP contribution in [-0.2, 0) is 4.79 Å². The lowest BCUT2D eigenvalue weighted by Crippen LogP contribution is -2.19. The van der Waals surface area contributed by atoms with E-state index in [2.05, 4.69) is 25.7 Å². The summed E-state index contributed by atoms with van der Waals surface area (Å²) in [7, 11) is 0. The van der Waals surface area contributed by atoms with Gasteiger partial charge in [0.05, 0.1) is 12.0 Å². The van der Waals surface area contributed by atoms with Crippen LogP contribution in [0.1, 0.15) is 5.56 Å². The highest BCUT2D eigenvalue weighted by Gasteiger charge is 2.09. The van der Waals surface area contributed by atoms with Crippen LogP contribution in [0.25, 0.3) is 21.5 Å². The largest absolute Gasteiger partial charge is 0.361 e. The number of para-hydroxylation sites is 1. The zero-order valence-electron chi connectivity index (χ0n) is 14.1. The van der Waals surface area contributed by atoms with Gasteiger partial charge in [-0.05, 0) is 6.07 Å². The Morgan fingerprint density at radius 1 is 1.15 bits per heavy atom. The van der Waals surface area contributed by atoms with Crippen molar-refractivity contribution in [1.82, 2.24) is 20.6 Å². The van der Waals surface area contributed by atoms with Gasteiger partial charge in [-0.15, -0.1) is 10.2 Å². The zero-order chi connectivity index (χ0) is 18.5. The minimum atomic E-state index is -0.187. The number of aromatic amines is 1. The van der Waals surface area contributed by atoms with Crippen LogP contribution >= 0.6 is 23.1 Å². The van der Waals surface area contributed by atoms with E-state index >= 15 is 0 Å². The van der Waals surface area contributed by atoms with Gasteiger partial charge in [0.1, 0.15) is 5.01 Å². The van der Waals surface area contributed by atoms with Crippen LogP contribution in [0.3, 0.4) is 0 Å². The maximum atomic E-state index is 12.0. The third kappa shape index (κ3) is 4.24. The summed E-state index contributed by atoms with van der Waals surface area (Å²) in [4.78, 5) is 15.2. The summed E-state index contributed by atoms with van der Waals surface area (Å²) in [6.45, 7) is 0. The number of hydrazone groups is 1. The second-order valence-electron chi connectivity index (χ2n) is 5.61. The van der Waals surface area contributed by atoms with Crippen molar-refractivity contribution < 1.29 is 4.79 Å². The number of carbonyl (C=O) groups excluding carboxylic acids is 1. The van der Waals surface area contributed by atoms with Crippen molar-refractivity contribution in [2.75, 3.05) is 5.75 Å². The van der Waals surface area contributed by atoms with Gasteiger partial charge in [0.25, 0.3) is 5.91 Å². The Balaban J connectivity index is 1.31. The molecule has 0 unspecified atom stereocenters. The number of thioether (sulfide) groups is 1. The molecule has 0 atom stereocenters. The van der Waals surface area contributed by atoms with E-state index in [9.17, 15) is 4.79 Å². The molecule has 2 aromatic heterocycles. The van der Waals surface area contributed by atoms with Crippen LogP contribution in [0, 0.1) is 0 Å². The highest BCUT2D eigenvalue weighted by atomic mass is 32.2. The van der Waals surface area contributed by atoms with E-state index in [1.54, 1.807) is 6.21 Å². The minimum Gasteiger partial charge on any atom is -0.361 e. The molecule has 134 valence electrons. The van der Waals surface area contributed by atoms with Crippen molar-refractivity contribution >= 4 is 46.1 Å². The van der Waals surface area contributed by atoms with Gasteiger partial charge in [-0.1, -0.05) is 71.6 Å². The fourth-order valence-corrected chi connectivity index (χ4v) is 4.15. The number of H-pyrrole nitrogens is 1. The quantitative estimate of drug-likeness (QED) is 0.295. The number of fused-ring (bicyclic) bond motifs is 1. The van der Waals surface area contributed by atoms with Crippen LogP contribution in [0.15, 0.2) is 70.2 Å². The normalized spacial score (nSPS) is 11.3. The molecule has 1 amide bonds. The predicted octanol–water partition coefficient (Wildman–Crippen LogP) is 3.93. The monoisotopic (exact) mass is 393 g/mol. The number of nitrogens with one attached hydrogen (secondary N) is 2. The standard InChI is InChI=1S/C19H15N5OS2/c25-17(22-21-11-14-10-20-16-9-5-4-8-15(14)16)12-26-19-24-23-18(27-19)13-6-2-1-3-7-13/h1-11,20H,12H2,(H,22,25). The molecule has 2 aromatic carbocycles. The molecule has 6 nitrogen and oxygen atoms in total. The van der Waals surface area contributed by atoms with Crippen LogP contribution < -0.4 is 5.43 Å². The van der Waals surface area contributed by atoms with Gasteiger partial charge < -0.3 is 4.98 Å². The van der Waals surface area contributed by atoms with Gasteiger partial charge in [-0.25, -0.2) is 5.43 Å². The molecule has 0 saturated heterocycles. The highest BCUT2D eigenvalue weighted by Crippen LogP contribution is 2.28. The molecule has 2 heterocycles. The summed E-state index contributed by atoms with van der Waals surface area (Å²) >= 11 is 2.82. The van der Waals surface area contributed by atoms with Crippen LogP contribution in [0.2, 0.25) is 0 Å². The molecule has 4 rings (SSSR count). The fraction of sp³-hybridized carbons (Fsp3) is 0.0526. The molecule has 27 heavy (non-hydrogen) atoms. The number of carbonyl (C=O) groups is 1. The highest BCUT2D eigenvalue weighted by molar-refractivity contribution is 8.01. The second kappa shape index (κ2) is 8.15. The first-order valence-corrected chi connectivity index (χ1v) is 9.99. The van der Waals surface area contributed by atoms with Crippen LogP contribution in [0.4, 0.5) is 0 Å². The summed E-state index contributed by atoms with van der Waals surface area (Å²) in [6.07, 6.45) is 3.50. The fourth-order valence-electron chi connectivity index (χ4n) is 2.50. The van der Waals surface area contributed by atoms with Crippen molar-refractivity contribution in [3.8, 4) is 10.6 Å². The van der Waals surface area contributed by atoms with E-state index in [1.807, 2.05) is 60.8 Å². The smallest absolute Gasteiger partial charge is 0.250 e. The number of aromatic nitrogens is 3. The molecule has 0 bridgehead atoms. The SMILES string of the molecule is O=C(CSc1nnc(-c2ccccc2)s1)NN=Cc1c[nH]c2ccccc12. The van der Waals surface area contributed by atoms with E-state index in [0.717, 1.165) is 31.4 Å². The summed E-state index contributed by atoms with van der Waals surface area (Å²) in [5, 5.41) is 14.2. The zero-order valence-corrected chi connectivity index (χ0v) is 15.8. The first-order chi connectivity index (χ1) is 13.3. The Kier molecular flexibility index (Phi) is 5.27. The Morgan fingerprint density at radius 2 is 1.96 bits per heavy atom. The van der Waals surface area contributed by atoms with E-state index in [-0.39, 0.29) is 11.7 Å². The molecular weight excluding hydrogens is 378 g/mol. The van der Waals surface area contributed by atoms with Gasteiger partial charge >= 0.3 is 0 Å². The molecule has 4 aromatic rings. The van der Waals surface area contributed by atoms with Crippen molar-refractivity contribution in [3.63, 3.8) is 0 Å². The number of amides is 1. The number of benzene rings is 2. The van der Waals surface area contributed by atoms with Crippen molar-refractivity contribution in [2.24, 2.45) is 5.10 Å². The molecular formula is C19H15N5OS2. The third-order valence-electron chi connectivity index (χ3n) is 3.77. The van der Waals surface area contributed by atoms with Gasteiger partial charge in [-0.3, -0.25) is 4.79 Å². The topological polar surface area (TPSA) is 83.0 Å². The Bertz CT molecular complexity index is 1090. The van der Waals surface area contributed by atoms with Crippen LogP contribution in [-0.4, -0.2) is 33.1 Å². The summed E-state index contributed by atoms with van der Waals surface area (Å²) < 4.78 is 0.754. The third-order valence-corrected chi connectivity index (χ3v) is 5.87. The molecule has 0 saturated carbocycles. The first kappa shape index (κ1) is 17.4. The molecule has 0 spiro atoms. The lowest BCUT2D eigenvalue weighted by atomic mass is 10.2. The summed E-state index contributed by atoms with van der Waals surface area (Å²) in [5.74, 6) is 0.0433. The number of nitrogens with zero attached hydrogens (tertiary/aromatic N) is 3. The second-order valence-corrected chi connectivity index (χ2v) is 7.81. The Morgan fingerprint density at radius 3 is 2.85 bits per heavy atom. The molecule has 2 N–H and O–H groups in total. The molecule has 8 heteroatoms. The Labute approximate surface area is 163 Å². The van der Waals surface area contributed by atoms with Gasteiger partial charge in [0.2, 0.25) is 0 Å². The van der Waals surface area contributed by atoms with E-state index in [1.165, 1.54) is 23.1 Å². The number of hydrogen-bond acceptors (Lipinski definition) is 6. The summed E-state index contributed by atoms with van der Waals surface area (Å²) in [6, 6.07) is 17.8. The molecule has 0 aliphatic heterocycles. The number of hydrogen-bond donors (Lipinski definition) is 2. The lowest BCUT2D eigenvalue weighted by molar-refractivity contribution is -0.118. The maximum absolute atomic E-state index is 12.0. The average Bonchev–Trinajstić information content (AvgIpc) is 3.35. The van der Waals surface area contributed by atoms with Gasteiger partial charge in [0.15, 0.2) is 4.34 Å². The van der Waals surface area contributed by atoms with E-state index in [4.69, 9.17) is 0 Å². The van der Waals surface area contributed by atoms with Crippen LogP contribution in [0.5, 0.6) is 0 Å². The van der Waals surface area contributed by atoms with E-state index < -0.39 is 0 Å². The molecule has 0 aliphatic rings. The molecule has 0 radical (unpaired) electrons. The van der Waals surface area contributed by atoms with Gasteiger partial charge in [-0.2, -0.15) is 5.10 Å². The Hall–Kier alpha value is -2.97. The van der Waals surface area contributed by atoms with Crippen molar-refractivity contribution in [1.29, 1.82) is 0 Å². The minimum absolute atomic E-state index is 0.187. The molecule has 0 fully saturated rings. The van der Waals surface area contributed by atoms with Gasteiger partial charge in [0, 0.05) is 28.2 Å². The number of rotatable bonds is 6.